The number of ether oxygens (including phenoxy) is 1. The fraction of sp³-hybridized carbons (Fsp3) is 0.143. The molecule has 0 unspecified atom stereocenters. The Kier molecular flexibility index (Phi) is 4.32. The highest BCUT2D eigenvalue weighted by molar-refractivity contribution is 6.00. The molecule has 1 aliphatic carbocycles. The van der Waals surface area contributed by atoms with Crippen molar-refractivity contribution in [2.24, 2.45) is 0 Å². The fourth-order valence-electron chi connectivity index (χ4n) is 4.87. The Morgan fingerprint density at radius 3 is 2.38 bits per heavy atom. The smallest absolute Gasteiger partial charge is 0.164 e. The summed E-state index contributed by atoms with van der Waals surface area (Å²) < 4.78 is 7.39. The average molecular weight is 418 g/mol. The van der Waals surface area contributed by atoms with E-state index >= 15 is 0 Å². The summed E-state index contributed by atoms with van der Waals surface area (Å²) in [5, 5.41) is 6.06. The van der Waals surface area contributed by atoms with Gasteiger partial charge in [-0.25, -0.2) is 9.67 Å². The molecule has 6 rings (SSSR count). The van der Waals surface area contributed by atoms with Gasteiger partial charge in [0.05, 0.1) is 29.6 Å². The number of hydrogen-bond acceptors (Lipinski definition) is 3. The lowest BCUT2D eigenvalue weighted by molar-refractivity contribution is 0.415. The van der Waals surface area contributed by atoms with Gasteiger partial charge in [0.2, 0.25) is 0 Å². The third kappa shape index (κ3) is 2.83. The van der Waals surface area contributed by atoms with Crippen LogP contribution in [0.2, 0.25) is 0 Å². The van der Waals surface area contributed by atoms with E-state index in [1.165, 1.54) is 27.8 Å². The first-order valence-corrected chi connectivity index (χ1v) is 10.9. The Morgan fingerprint density at radius 2 is 1.59 bits per heavy atom. The predicted octanol–water partition coefficient (Wildman–Crippen LogP) is 6.17. The summed E-state index contributed by atoms with van der Waals surface area (Å²) in [6.45, 7) is 2.08. The number of pyridine rings is 1. The number of hydrogen-bond donors (Lipinski definition) is 0. The van der Waals surface area contributed by atoms with Crippen molar-refractivity contribution in [3.8, 4) is 33.8 Å². The van der Waals surface area contributed by atoms with Gasteiger partial charge in [0.25, 0.3) is 0 Å². The van der Waals surface area contributed by atoms with Crippen molar-refractivity contribution in [3.05, 3.63) is 95.7 Å². The third-order valence-corrected chi connectivity index (χ3v) is 6.39. The van der Waals surface area contributed by atoms with Gasteiger partial charge in [0, 0.05) is 5.56 Å². The van der Waals surface area contributed by atoms with Crippen molar-refractivity contribution in [2.45, 2.75) is 19.8 Å². The number of para-hydroxylation sites is 1. The molecule has 2 aromatic heterocycles. The van der Waals surface area contributed by atoms with Crippen molar-refractivity contribution >= 4 is 11.0 Å². The maximum atomic E-state index is 5.41. The van der Waals surface area contributed by atoms with Gasteiger partial charge in [-0.15, -0.1) is 0 Å². The third-order valence-electron chi connectivity index (χ3n) is 6.39. The zero-order valence-electron chi connectivity index (χ0n) is 18.2. The molecule has 0 amide bonds. The van der Waals surface area contributed by atoms with Gasteiger partial charge < -0.3 is 4.74 Å². The fourth-order valence-corrected chi connectivity index (χ4v) is 4.87. The number of benzene rings is 3. The van der Waals surface area contributed by atoms with Gasteiger partial charge in [-0.2, -0.15) is 5.10 Å². The summed E-state index contributed by atoms with van der Waals surface area (Å²) in [4.78, 5) is 5.25. The van der Waals surface area contributed by atoms with E-state index in [1.807, 2.05) is 35.0 Å². The largest absolute Gasteiger partial charge is 0.497 e. The topological polar surface area (TPSA) is 39.9 Å². The predicted molar refractivity (Wildman–Crippen MR) is 128 cm³/mol. The summed E-state index contributed by atoms with van der Waals surface area (Å²) in [5.41, 5.74) is 10.3. The zero-order valence-corrected chi connectivity index (χ0v) is 18.2. The van der Waals surface area contributed by atoms with Gasteiger partial charge in [0.1, 0.15) is 5.75 Å². The van der Waals surface area contributed by atoms with E-state index in [1.54, 1.807) is 7.11 Å². The summed E-state index contributed by atoms with van der Waals surface area (Å²) in [6, 6.07) is 27.2. The lowest BCUT2D eigenvalue weighted by Gasteiger charge is -2.23. The van der Waals surface area contributed by atoms with Gasteiger partial charge >= 0.3 is 0 Å². The number of aryl methyl sites for hydroxylation is 2. The quantitative estimate of drug-likeness (QED) is 0.352. The highest BCUT2D eigenvalue weighted by Crippen LogP contribution is 2.43. The number of fused-ring (bicyclic) bond motifs is 4. The van der Waals surface area contributed by atoms with Crippen LogP contribution in [-0.4, -0.2) is 21.9 Å². The van der Waals surface area contributed by atoms with Crippen LogP contribution in [0.15, 0.2) is 78.9 Å². The molecule has 0 saturated heterocycles. The molecule has 0 bridgehead atoms. The molecule has 3 aromatic carbocycles. The number of methoxy groups -OCH3 is 1. The molecule has 0 atom stereocenters. The lowest BCUT2D eigenvalue weighted by Crippen LogP contribution is -2.09. The van der Waals surface area contributed by atoms with Crippen LogP contribution < -0.4 is 4.74 Å². The minimum absolute atomic E-state index is 0.856. The number of nitrogens with zero attached hydrogens (tertiary/aromatic N) is 3. The highest BCUT2D eigenvalue weighted by atomic mass is 16.5. The molecule has 4 nitrogen and oxygen atoms in total. The highest BCUT2D eigenvalue weighted by Gasteiger charge is 2.26. The van der Waals surface area contributed by atoms with E-state index in [4.69, 9.17) is 14.8 Å². The van der Waals surface area contributed by atoms with Crippen molar-refractivity contribution in [2.75, 3.05) is 7.11 Å². The molecule has 5 aromatic rings. The van der Waals surface area contributed by atoms with Crippen molar-refractivity contribution in [3.63, 3.8) is 0 Å². The van der Waals surface area contributed by atoms with E-state index in [9.17, 15) is 0 Å². The Balaban J connectivity index is 1.73. The Bertz CT molecular complexity index is 1450. The summed E-state index contributed by atoms with van der Waals surface area (Å²) >= 11 is 0. The average Bonchev–Trinajstić information content (AvgIpc) is 3.19. The molecule has 2 heterocycles. The monoisotopic (exact) mass is 417 g/mol. The standard InChI is InChI=1S/C28H23N3O/c1-18-25-26(20-12-15-22(32-2)16-13-20)24-17-14-19-8-6-7-11-23(19)27(24)29-28(25)31(30-18)21-9-4-3-5-10-21/h3-13,15-16H,14,17H2,1-2H3. The van der Waals surface area contributed by atoms with Crippen LogP contribution in [0.4, 0.5) is 0 Å². The van der Waals surface area contributed by atoms with Crippen LogP contribution in [0, 0.1) is 6.92 Å². The minimum atomic E-state index is 0.856. The Morgan fingerprint density at radius 1 is 0.844 bits per heavy atom. The van der Waals surface area contributed by atoms with Gasteiger partial charge in [0.15, 0.2) is 5.65 Å². The lowest BCUT2D eigenvalue weighted by atomic mass is 9.83. The Hall–Kier alpha value is -3.92. The maximum Gasteiger partial charge on any atom is 0.164 e. The van der Waals surface area contributed by atoms with E-state index < -0.39 is 0 Å². The van der Waals surface area contributed by atoms with Gasteiger partial charge in [-0.3, -0.25) is 0 Å². The second kappa shape index (κ2) is 7.34. The van der Waals surface area contributed by atoms with E-state index in [2.05, 4.69) is 55.5 Å². The van der Waals surface area contributed by atoms with Crippen LogP contribution in [0.5, 0.6) is 5.75 Å². The first kappa shape index (κ1) is 18.8. The van der Waals surface area contributed by atoms with Crippen LogP contribution >= 0.6 is 0 Å². The SMILES string of the molecule is COc1ccc(-c2c3c(nc4c2c(C)nn4-c2ccccc2)-c2ccccc2CC3)cc1. The molecule has 4 heteroatoms. The minimum Gasteiger partial charge on any atom is -0.497 e. The van der Waals surface area contributed by atoms with Crippen LogP contribution in [0.3, 0.4) is 0 Å². The van der Waals surface area contributed by atoms with E-state index in [0.717, 1.165) is 46.7 Å². The molecule has 0 aliphatic heterocycles. The van der Waals surface area contributed by atoms with E-state index in [0.29, 0.717) is 0 Å². The second-order valence-electron chi connectivity index (χ2n) is 8.23. The second-order valence-corrected chi connectivity index (χ2v) is 8.23. The summed E-state index contributed by atoms with van der Waals surface area (Å²) in [6.07, 6.45) is 1.98. The molecular weight excluding hydrogens is 394 g/mol. The Labute approximate surface area is 187 Å². The van der Waals surface area contributed by atoms with Crippen LogP contribution in [-0.2, 0) is 12.8 Å². The van der Waals surface area contributed by atoms with Crippen molar-refractivity contribution in [1.29, 1.82) is 0 Å². The van der Waals surface area contributed by atoms with Gasteiger partial charge in [-0.05, 0) is 66.3 Å². The normalized spacial score (nSPS) is 12.4. The first-order chi connectivity index (χ1) is 15.7. The molecule has 0 N–H and O–H groups in total. The molecule has 0 saturated carbocycles. The molecule has 156 valence electrons. The van der Waals surface area contributed by atoms with E-state index in [-0.39, 0.29) is 0 Å². The molecule has 0 radical (unpaired) electrons. The summed E-state index contributed by atoms with van der Waals surface area (Å²) in [5.74, 6) is 0.856. The molecular formula is C28H23N3O. The first-order valence-electron chi connectivity index (χ1n) is 10.9. The summed E-state index contributed by atoms with van der Waals surface area (Å²) in [7, 11) is 1.70. The van der Waals surface area contributed by atoms with Crippen LogP contribution in [0.25, 0.3) is 39.1 Å². The number of rotatable bonds is 3. The molecule has 0 fully saturated rings. The zero-order chi connectivity index (χ0) is 21.7. The van der Waals surface area contributed by atoms with Crippen molar-refractivity contribution in [1.82, 2.24) is 14.8 Å². The number of aromatic nitrogens is 3. The molecule has 1 aliphatic rings. The van der Waals surface area contributed by atoms with Crippen molar-refractivity contribution < 1.29 is 4.74 Å². The van der Waals surface area contributed by atoms with Crippen LogP contribution in [0.1, 0.15) is 16.8 Å². The molecule has 32 heavy (non-hydrogen) atoms. The van der Waals surface area contributed by atoms with Gasteiger partial charge in [-0.1, -0.05) is 54.6 Å². The maximum absolute atomic E-state index is 5.41. The molecule has 0 spiro atoms.